The molecule has 0 amide bonds. The molecule has 0 bridgehead atoms. The lowest BCUT2D eigenvalue weighted by molar-refractivity contribution is -0.130. The molecule has 0 radical (unpaired) electrons. The first-order valence-corrected chi connectivity index (χ1v) is 12.3. The summed E-state index contributed by atoms with van der Waals surface area (Å²) in [6.45, 7) is 3.84. The highest BCUT2D eigenvalue weighted by Crippen LogP contribution is 2.50. The third-order valence-corrected chi connectivity index (χ3v) is 6.45. The Balaban J connectivity index is 1.75. The van der Waals surface area contributed by atoms with Gasteiger partial charge in [0.2, 0.25) is 6.29 Å². The molecule has 2 aromatic carbocycles. The Bertz CT molecular complexity index is 921. The maximum absolute atomic E-state index is 12.7. The molecule has 1 aliphatic heterocycles. The number of carbonyl (C=O) groups excluding carboxylic acids is 2. The summed E-state index contributed by atoms with van der Waals surface area (Å²) in [7, 11) is -3.44. The smallest absolute Gasteiger partial charge is 0.353 e. The predicted octanol–water partition coefficient (Wildman–Crippen LogP) is 4.96. The molecule has 1 unspecified atom stereocenters. The van der Waals surface area contributed by atoms with Crippen LogP contribution in [0.25, 0.3) is 0 Å². The van der Waals surface area contributed by atoms with Crippen molar-refractivity contribution in [3.63, 3.8) is 0 Å². The van der Waals surface area contributed by atoms with Gasteiger partial charge in [-0.25, -0.2) is 9.59 Å². The van der Waals surface area contributed by atoms with Crippen LogP contribution in [0.4, 0.5) is 0 Å². The van der Waals surface area contributed by atoms with Gasteiger partial charge in [0.15, 0.2) is 6.10 Å². The second kappa shape index (κ2) is 11.9. The molecule has 9 heteroatoms. The zero-order valence-corrected chi connectivity index (χ0v) is 19.4. The van der Waals surface area contributed by atoms with E-state index in [1.807, 2.05) is 0 Å². The lowest BCUT2D eigenvalue weighted by atomic mass is 10.2. The van der Waals surface area contributed by atoms with Crippen molar-refractivity contribution in [1.82, 2.24) is 0 Å². The summed E-state index contributed by atoms with van der Waals surface area (Å²) in [6.07, 6.45) is -0.926. The molecule has 2 aromatic rings. The van der Waals surface area contributed by atoms with E-state index < -0.39 is 38.0 Å². The van der Waals surface area contributed by atoms with Gasteiger partial charge in [-0.2, -0.15) is 0 Å². The van der Waals surface area contributed by atoms with E-state index in [1.54, 1.807) is 74.5 Å². The van der Waals surface area contributed by atoms with Gasteiger partial charge in [-0.1, -0.05) is 36.4 Å². The van der Waals surface area contributed by atoms with Gasteiger partial charge in [0.1, 0.15) is 0 Å². The van der Waals surface area contributed by atoms with Gasteiger partial charge < -0.3 is 23.3 Å². The molecule has 0 aliphatic carbocycles. The maximum atomic E-state index is 12.7. The van der Waals surface area contributed by atoms with Crippen LogP contribution in [-0.2, 0) is 27.8 Å². The van der Waals surface area contributed by atoms with Crippen LogP contribution in [0.15, 0.2) is 72.6 Å². The number of esters is 2. The molecule has 0 spiro atoms. The SMILES string of the molecule is CCOP(=O)(C=C[C@@H]1C[C@@H](OC(=O)c2ccccc2)C(OC(=O)c2ccccc2)O1)OCC. The molecule has 3 atom stereocenters. The topological polar surface area (TPSA) is 97.4 Å². The van der Waals surface area contributed by atoms with E-state index >= 15 is 0 Å². The summed E-state index contributed by atoms with van der Waals surface area (Å²) in [4.78, 5) is 25.1. The number of hydrogen-bond acceptors (Lipinski definition) is 8. The van der Waals surface area contributed by atoms with Crippen molar-refractivity contribution in [2.75, 3.05) is 13.2 Å². The van der Waals surface area contributed by atoms with Gasteiger partial charge in [0, 0.05) is 12.2 Å². The average molecular weight is 474 g/mol. The van der Waals surface area contributed by atoms with Crippen LogP contribution in [-0.4, -0.2) is 43.7 Å². The summed E-state index contributed by atoms with van der Waals surface area (Å²) < 4.78 is 40.1. The monoisotopic (exact) mass is 474 g/mol. The quantitative estimate of drug-likeness (QED) is 0.352. The number of hydrogen-bond donors (Lipinski definition) is 0. The van der Waals surface area contributed by atoms with E-state index in [0.29, 0.717) is 11.1 Å². The van der Waals surface area contributed by atoms with Crippen LogP contribution >= 0.6 is 7.60 Å². The predicted molar refractivity (Wildman–Crippen MR) is 121 cm³/mol. The summed E-state index contributed by atoms with van der Waals surface area (Å²) in [5.74, 6) is 0.145. The Morgan fingerprint density at radius 1 is 0.909 bits per heavy atom. The van der Waals surface area contributed by atoms with Gasteiger partial charge in [0.25, 0.3) is 0 Å². The van der Waals surface area contributed by atoms with Crippen molar-refractivity contribution in [3.05, 3.63) is 83.7 Å². The normalized spacial score (nSPS) is 20.6. The molecular weight excluding hydrogens is 447 g/mol. The van der Waals surface area contributed by atoms with Crippen molar-refractivity contribution in [2.24, 2.45) is 0 Å². The fourth-order valence-electron chi connectivity index (χ4n) is 3.20. The van der Waals surface area contributed by atoms with Gasteiger partial charge >= 0.3 is 19.5 Å². The minimum Gasteiger partial charge on any atom is -0.452 e. The molecule has 176 valence electrons. The third-order valence-electron chi connectivity index (χ3n) is 4.68. The Labute approximate surface area is 193 Å². The molecule has 8 nitrogen and oxygen atoms in total. The van der Waals surface area contributed by atoms with Crippen molar-refractivity contribution in [1.29, 1.82) is 0 Å². The van der Waals surface area contributed by atoms with E-state index in [-0.39, 0.29) is 19.6 Å². The summed E-state index contributed by atoms with van der Waals surface area (Å²) >= 11 is 0. The van der Waals surface area contributed by atoms with E-state index in [4.69, 9.17) is 23.3 Å². The van der Waals surface area contributed by atoms with Gasteiger partial charge in [-0.05, 0) is 44.2 Å². The van der Waals surface area contributed by atoms with Gasteiger partial charge in [-0.3, -0.25) is 4.57 Å². The van der Waals surface area contributed by atoms with Crippen LogP contribution in [0.1, 0.15) is 41.0 Å². The van der Waals surface area contributed by atoms with Crippen molar-refractivity contribution >= 4 is 19.5 Å². The van der Waals surface area contributed by atoms with Gasteiger partial charge in [0.05, 0.1) is 30.4 Å². The molecule has 1 saturated heterocycles. The molecule has 0 saturated carbocycles. The summed E-state index contributed by atoms with van der Waals surface area (Å²) in [6, 6.07) is 16.9. The number of ether oxygens (including phenoxy) is 3. The Kier molecular flexibility index (Phi) is 8.97. The van der Waals surface area contributed by atoms with Crippen LogP contribution in [0, 0.1) is 0 Å². The molecule has 1 heterocycles. The minimum absolute atomic E-state index is 0.195. The lowest BCUT2D eigenvalue weighted by Crippen LogP contribution is -2.31. The number of benzene rings is 2. The summed E-state index contributed by atoms with van der Waals surface area (Å²) in [5, 5.41) is 0. The molecular formula is C24H27O8P. The Morgan fingerprint density at radius 2 is 1.42 bits per heavy atom. The Morgan fingerprint density at radius 3 is 1.94 bits per heavy atom. The standard InChI is InChI=1S/C24H27O8P/c1-3-28-33(27,29-4-2)16-15-20-17-21(31-22(25)18-11-7-5-8-12-18)24(30-20)32-23(26)19-13-9-6-10-14-19/h5-16,20-21,24H,3-4,17H2,1-2H3/t20-,21-,24?/m1/s1. The largest absolute Gasteiger partial charge is 0.452 e. The number of carbonyl (C=O) groups is 2. The zero-order chi connectivity index (χ0) is 23.7. The highest BCUT2D eigenvalue weighted by molar-refractivity contribution is 7.57. The number of rotatable bonds is 10. The minimum atomic E-state index is -3.44. The lowest BCUT2D eigenvalue weighted by Gasteiger charge is -2.19. The van der Waals surface area contributed by atoms with Crippen LogP contribution in [0.2, 0.25) is 0 Å². The maximum Gasteiger partial charge on any atom is 0.353 e. The fraction of sp³-hybridized carbons (Fsp3) is 0.333. The average Bonchev–Trinajstić information content (AvgIpc) is 3.20. The van der Waals surface area contributed by atoms with E-state index in [0.717, 1.165) is 0 Å². The van der Waals surface area contributed by atoms with Crippen LogP contribution < -0.4 is 0 Å². The molecule has 0 N–H and O–H groups in total. The van der Waals surface area contributed by atoms with E-state index in [9.17, 15) is 14.2 Å². The van der Waals surface area contributed by atoms with Gasteiger partial charge in [-0.15, -0.1) is 0 Å². The van der Waals surface area contributed by atoms with E-state index in [2.05, 4.69) is 0 Å². The zero-order valence-electron chi connectivity index (χ0n) is 18.5. The first-order valence-electron chi connectivity index (χ1n) is 10.7. The van der Waals surface area contributed by atoms with Crippen LogP contribution in [0.5, 0.6) is 0 Å². The molecule has 0 aromatic heterocycles. The highest BCUT2D eigenvalue weighted by atomic mass is 31.2. The molecule has 1 fully saturated rings. The third kappa shape index (κ3) is 7.11. The first-order chi connectivity index (χ1) is 15.9. The van der Waals surface area contributed by atoms with Crippen molar-refractivity contribution in [2.45, 2.75) is 38.8 Å². The molecule has 1 aliphatic rings. The van der Waals surface area contributed by atoms with Crippen LogP contribution in [0.3, 0.4) is 0 Å². The second-order valence-corrected chi connectivity index (χ2v) is 8.97. The first kappa shape index (κ1) is 24.9. The Hall–Kier alpha value is -2.77. The molecule has 33 heavy (non-hydrogen) atoms. The van der Waals surface area contributed by atoms with Crippen molar-refractivity contribution < 1.29 is 37.4 Å². The molecule has 3 rings (SSSR count). The fourth-order valence-corrected chi connectivity index (χ4v) is 4.57. The highest BCUT2D eigenvalue weighted by Gasteiger charge is 2.40. The summed E-state index contributed by atoms with van der Waals surface area (Å²) in [5.41, 5.74) is 0.701. The van der Waals surface area contributed by atoms with E-state index in [1.165, 1.54) is 11.9 Å². The second-order valence-electron chi connectivity index (χ2n) is 7.08. The van der Waals surface area contributed by atoms with Crippen molar-refractivity contribution in [3.8, 4) is 0 Å².